The van der Waals surface area contributed by atoms with E-state index in [2.05, 4.69) is 9.44 Å². The van der Waals surface area contributed by atoms with Crippen LogP contribution in [0, 0.1) is 10.1 Å². The number of anilines is 2. The Balaban J connectivity index is 1.93. The minimum atomic E-state index is -4.05. The maximum Gasteiger partial charge on any atom is 0.295 e. The fourth-order valence-electron chi connectivity index (χ4n) is 2.45. The van der Waals surface area contributed by atoms with Gasteiger partial charge in [0.2, 0.25) is 0 Å². The van der Waals surface area contributed by atoms with Gasteiger partial charge in [-0.2, -0.15) is 0 Å². The average molecular weight is 433 g/mol. The van der Waals surface area contributed by atoms with Gasteiger partial charge in [0.1, 0.15) is 5.69 Å². The molecule has 0 aliphatic rings. The van der Waals surface area contributed by atoms with Crippen molar-refractivity contribution in [3.63, 3.8) is 0 Å². The van der Waals surface area contributed by atoms with Crippen molar-refractivity contribution in [2.75, 3.05) is 9.44 Å². The molecule has 0 aliphatic carbocycles. The summed E-state index contributed by atoms with van der Waals surface area (Å²) in [7, 11) is -8.01. The molecule has 0 unspecified atom stereocenters. The molecule has 0 saturated carbocycles. The Morgan fingerprint density at radius 2 is 1.17 bits per heavy atom. The lowest BCUT2D eigenvalue weighted by Crippen LogP contribution is -2.15. The van der Waals surface area contributed by atoms with Gasteiger partial charge in [0.15, 0.2) is 0 Å². The van der Waals surface area contributed by atoms with E-state index in [9.17, 15) is 26.9 Å². The third-order valence-corrected chi connectivity index (χ3v) is 6.58. The van der Waals surface area contributed by atoms with E-state index in [1.54, 1.807) is 24.3 Å². The Labute approximate surface area is 167 Å². The van der Waals surface area contributed by atoms with E-state index in [4.69, 9.17) is 0 Å². The molecule has 11 heteroatoms. The third kappa shape index (κ3) is 4.70. The number of sulfonamides is 2. The molecule has 0 bridgehead atoms. The second-order valence-electron chi connectivity index (χ2n) is 5.83. The Morgan fingerprint density at radius 1 is 0.690 bits per heavy atom. The Hall–Kier alpha value is -3.44. The lowest BCUT2D eigenvalue weighted by Gasteiger charge is -2.11. The van der Waals surface area contributed by atoms with E-state index >= 15 is 0 Å². The number of rotatable bonds is 7. The van der Waals surface area contributed by atoms with E-state index in [0.29, 0.717) is 0 Å². The molecule has 0 fully saturated rings. The predicted molar refractivity (Wildman–Crippen MR) is 108 cm³/mol. The smallest absolute Gasteiger partial charge is 0.279 e. The molecule has 3 aromatic rings. The summed E-state index contributed by atoms with van der Waals surface area (Å²) in [5.41, 5.74) is -0.970. The van der Waals surface area contributed by atoms with Crippen molar-refractivity contribution in [2.24, 2.45) is 0 Å². The molecule has 29 heavy (non-hydrogen) atoms. The van der Waals surface area contributed by atoms with E-state index in [-0.39, 0.29) is 21.2 Å². The van der Waals surface area contributed by atoms with Crippen molar-refractivity contribution < 1.29 is 21.8 Å². The highest BCUT2D eigenvalue weighted by atomic mass is 32.2. The first-order valence-corrected chi connectivity index (χ1v) is 11.1. The lowest BCUT2D eigenvalue weighted by molar-refractivity contribution is -0.383. The van der Waals surface area contributed by atoms with Crippen LogP contribution in [0.5, 0.6) is 0 Å². The lowest BCUT2D eigenvalue weighted by atomic mass is 10.2. The molecular formula is C18H15N3O6S2. The Morgan fingerprint density at radius 3 is 1.66 bits per heavy atom. The second-order valence-corrected chi connectivity index (χ2v) is 9.19. The summed E-state index contributed by atoms with van der Waals surface area (Å²) in [6, 6.07) is 18.1. The first kappa shape index (κ1) is 20.3. The quantitative estimate of drug-likeness (QED) is 0.434. The van der Waals surface area contributed by atoms with E-state index in [1.165, 1.54) is 42.5 Å². The zero-order valence-corrected chi connectivity index (χ0v) is 16.4. The molecule has 0 radical (unpaired) electrons. The number of hydrogen-bond donors (Lipinski definition) is 2. The fourth-order valence-corrected chi connectivity index (χ4v) is 4.62. The van der Waals surface area contributed by atoms with Crippen LogP contribution >= 0.6 is 0 Å². The maximum atomic E-state index is 12.4. The van der Waals surface area contributed by atoms with Gasteiger partial charge in [0.05, 0.1) is 20.4 Å². The highest BCUT2D eigenvalue weighted by Crippen LogP contribution is 2.30. The van der Waals surface area contributed by atoms with Gasteiger partial charge in [-0.05, 0) is 36.4 Å². The van der Waals surface area contributed by atoms with Gasteiger partial charge < -0.3 is 0 Å². The molecule has 0 atom stereocenters. The van der Waals surface area contributed by atoms with Crippen molar-refractivity contribution >= 4 is 37.1 Å². The van der Waals surface area contributed by atoms with Crippen LogP contribution in [-0.4, -0.2) is 21.8 Å². The van der Waals surface area contributed by atoms with Gasteiger partial charge in [-0.3, -0.25) is 19.6 Å². The number of hydrogen-bond acceptors (Lipinski definition) is 6. The van der Waals surface area contributed by atoms with Gasteiger partial charge in [-0.1, -0.05) is 36.4 Å². The molecule has 0 heterocycles. The van der Waals surface area contributed by atoms with Gasteiger partial charge in [0.25, 0.3) is 25.7 Å². The normalized spacial score (nSPS) is 11.6. The van der Waals surface area contributed by atoms with Gasteiger partial charge in [-0.15, -0.1) is 0 Å². The molecule has 0 amide bonds. The molecule has 0 spiro atoms. The zero-order valence-electron chi connectivity index (χ0n) is 14.7. The maximum absolute atomic E-state index is 12.4. The highest BCUT2D eigenvalue weighted by Gasteiger charge is 2.22. The van der Waals surface area contributed by atoms with Crippen molar-refractivity contribution in [3.8, 4) is 0 Å². The molecule has 9 nitrogen and oxygen atoms in total. The average Bonchev–Trinajstić information content (AvgIpc) is 2.70. The molecule has 0 aromatic heterocycles. The number of nitrogens with zero attached hydrogens (tertiary/aromatic N) is 1. The number of nitro groups is 1. The third-order valence-electron chi connectivity index (χ3n) is 3.80. The molecule has 3 aromatic carbocycles. The van der Waals surface area contributed by atoms with Gasteiger partial charge in [0, 0.05) is 6.07 Å². The molecule has 2 N–H and O–H groups in total. The molecule has 3 rings (SSSR count). The predicted octanol–water partition coefficient (Wildman–Crippen LogP) is 3.20. The minimum absolute atomic E-state index is 0.0171. The summed E-state index contributed by atoms with van der Waals surface area (Å²) in [6.07, 6.45) is 0. The van der Waals surface area contributed by atoms with Crippen LogP contribution in [0.2, 0.25) is 0 Å². The SMILES string of the molecule is O=[N+]([O-])c1cc(NS(=O)(=O)c2ccccc2)ccc1NS(=O)(=O)c1ccccc1. The van der Waals surface area contributed by atoms with Crippen LogP contribution in [0.3, 0.4) is 0 Å². The van der Waals surface area contributed by atoms with Crippen molar-refractivity contribution in [1.82, 2.24) is 0 Å². The zero-order chi connectivity index (χ0) is 21.1. The standard InChI is InChI=1S/C18H15N3O6S2/c22-21(23)18-13-14(19-28(24,25)15-7-3-1-4-8-15)11-12-17(18)20-29(26,27)16-9-5-2-6-10-16/h1-13,19-20H. The van der Waals surface area contributed by atoms with Gasteiger partial charge >= 0.3 is 0 Å². The molecular weight excluding hydrogens is 418 g/mol. The first-order chi connectivity index (χ1) is 13.7. The fraction of sp³-hybridized carbons (Fsp3) is 0. The Bertz CT molecular complexity index is 1250. The summed E-state index contributed by atoms with van der Waals surface area (Å²) >= 11 is 0. The van der Waals surface area contributed by atoms with Crippen LogP contribution in [-0.2, 0) is 20.0 Å². The second kappa shape index (κ2) is 7.89. The van der Waals surface area contributed by atoms with E-state index in [0.717, 1.165) is 12.1 Å². The molecule has 0 aliphatic heterocycles. The minimum Gasteiger partial charge on any atom is -0.279 e. The topological polar surface area (TPSA) is 135 Å². The number of benzene rings is 3. The molecule has 150 valence electrons. The van der Waals surface area contributed by atoms with Crippen molar-refractivity contribution in [2.45, 2.75) is 9.79 Å². The van der Waals surface area contributed by atoms with Crippen molar-refractivity contribution in [3.05, 3.63) is 89.0 Å². The number of nitrogens with one attached hydrogen (secondary N) is 2. The number of nitro benzene ring substituents is 1. The summed E-state index contributed by atoms with van der Waals surface area (Å²) in [4.78, 5) is 10.5. The van der Waals surface area contributed by atoms with Crippen LogP contribution in [0.25, 0.3) is 0 Å². The van der Waals surface area contributed by atoms with Crippen LogP contribution in [0.1, 0.15) is 0 Å². The largest absolute Gasteiger partial charge is 0.295 e. The van der Waals surface area contributed by atoms with Crippen molar-refractivity contribution in [1.29, 1.82) is 0 Å². The summed E-state index contributed by atoms with van der Waals surface area (Å²) in [6.45, 7) is 0. The van der Waals surface area contributed by atoms with Crippen LogP contribution in [0.4, 0.5) is 17.1 Å². The summed E-state index contributed by atoms with van der Waals surface area (Å²) in [5, 5.41) is 11.4. The monoisotopic (exact) mass is 433 g/mol. The van der Waals surface area contributed by atoms with Gasteiger partial charge in [-0.25, -0.2) is 16.8 Å². The van der Waals surface area contributed by atoms with Crippen LogP contribution in [0.15, 0.2) is 88.7 Å². The molecule has 0 saturated heterocycles. The van der Waals surface area contributed by atoms with E-state index < -0.39 is 30.7 Å². The van der Waals surface area contributed by atoms with E-state index in [1.807, 2.05) is 0 Å². The summed E-state index contributed by atoms with van der Waals surface area (Å²) < 4.78 is 54.0. The van der Waals surface area contributed by atoms with Crippen LogP contribution < -0.4 is 9.44 Å². The summed E-state index contributed by atoms with van der Waals surface area (Å²) in [5.74, 6) is 0. The Kier molecular flexibility index (Phi) is 5.52. The highest BCUT2D eigenvalue weighted by molar-refractivity contribution is 7.93. The first-order valence-electron chi connectivity index (χ1n) is 8.13.